The summed E-state index contributed by atoms with van der Waals surface area (Å²) in [5, 5.41) is 6.41. The third-order valence-electron chi connectivity index (χ3n) is 5.12. The Morgan fingerprint density at radius 1 is 1.21 bits per heavy atom. The van der Waals surface area contributed by atoms with E-state index in [4.69, 9.17) is 0 Å². The summed E-state index contributed by atoms with van der Waals surface area (Å²) in [4.78, 5) is 14.0. The number of carbonyl (C=O) groups excluding carboxylic acids is 1. The van der Waals surface area contributed by atoms with Gasteiger partial charge in [0.25, 0.3) is 5.91 Å². The lowest BCUT2D eigenvalue weighted by Crippen LogP contribution is -2.45. The van der Waals surface area contributed by atoms with Crippen molar-refractivity contribution in [3.05, 3.63) is 74.7 Å². The van der Waals surface area contributed by atoms with Crippen molar-refractivity contribution in [3.8, 4) is 0 Å². The molecule has 0 spiro atoms. The van der Waals surface area contributed by atoms with Crippen LogP contribution in [0.2, 0.25) is 0 Å². The van der Waals surface area contributed by atoms with Crippen molar-refractivity contribution in [1.82, 2.24) is 18.8 Å². The molecule has 0 unspecified atom stereocenters. The van der Waals surface area contributed by atoms with Crippen LogP contribution < -0.4 is 4.72 Å². The molecule has 0 bridgehead atoms. The van der Waals surface area contributed by atoms with Gasteiger partial charge in [-0.05, 0) is 42.8 Å². The van der Waals surface area contributed by atoms with Crippen LogP contribution >= 0.6 is 11.3 Å². The summed E-state index contributed by atoms with van der Waals surface area (Å²) >= 11 is 1.64. The van der Waals surface area contributed by atoms with E-state index in [0.29, 0.717) is 36.5 Å². The van der Waals surface area contributed by atoms with Gasteiger partial charge in [0, 0.05) is 23.7 Å². The Hall–Kier alpha value is -2.49. The molecule has 4 rings (SSSR count). The average Bonchev–Trinajstić information content (AvgIpc) is 3.26. The first kappa shape index (κ1) is 19.8. The molecule has 7 nitrogen and oxygen atoms in total. The smallest absolute Gasteiger partial charge is 0.268 e. The van der Waals surface area contributed by atoms with Crippen LogP contribution in [0.4, 0.5) is 0 Å². The van der Waals surface area contributed by atoms with Crippen LogP contribution in [0.5, 0.6) is 0 Å². The molecule has 152 valence electrons. The largest absolute Gasteiger partial charge is 0.304 e. The molecule has 0 aliphatic carbocycles. The number of nitrogens with zero attached hydrogens (tertiary/aromatic N) is 3. The lowest BCUT2D eigenvalue weighted by Gasteiger charge is -2.26. The molecule has 0 fully saturated rings. The first-order valence-electron chi connectivity index (χ1n) is 9.30. The summed E-state index contributed by atoms with van der Waals surface area (Å²) in [5.74, 6) is -0.643. The van der Waals surface area contributed by atoms with Crippen LogP contribution in [0.15, 0.2) is 41.8 Å². The maximum atomic E-state index is 12.8. The van der Waals surface area contributed by atoms with Crippen molar-refractivity contribution >= 4 is 27.5 Å². The van der Waals surface area contributed by atoms with Crippen molar-refractivity contribution in [2.45, 2.75) is 33.4 Å². The molecule has 0 saturated carbocycles. The molecule has 0 saturated heterocycles. The predicted octanol–water partition coefficient (Wildman–Crippen LogP) is 2.64. The lowest BCUT2D eigenvalue weighted by atomic mass is 10.1. The zero-order valence-corrected chi connectivity index (χ0v) is 17.9. The van der Waals surface area contributed by atoms with Gasteiger partial charge in [-0.2, -0.15) is 17.8 Å². The van der Waals surface area contributed by atoms with Crippen molar-refractivity contribution in [3.63, 3.8) is 0 Å². The number of hydrogen-bond donors (Lipinski definition) is 1. The lowest BCUT2D eigenvalue weighted by molar-refractivity contribution is 0.0977. The molecule has 29 heavy (non-hydrogen) atoms. The monoisotopic (exact) mass is 430 g/mol. The Morgan fingerprint density at radius 3 is 2.72 bits per heavy atom. The second-order valence-electron chi connectivity index (χ2n) is 7.08. The minimum atomic E-state index is -3.93. The van der Waals surface area contributed by atoms with Crippen molar-refractivity contribution < 1.29 is 13.2 Å². The van der Waals surface area contributed by atoms with Crippen LogP contribution in [0, 0.1) is 13.8 Å². The summed E-state index contributed by atoms with van der Waals surface area (Å²) in [5.41, 5.74) is 3.50. The SMILES string of the molecule is Cc1nn(Cc2ccccc2)c(C)c1C(=O)NS(=O)(=O)N1CCc2sccc2C1. The van der Waals surface area contributed by atoms with Gasteiger partial charge in [0.05, 0.1) is 17.8 Å². The summed E-state index contributed by atoms with van der Waals surface area (Å²) in [6.45, 7) is 4.66. The van der Waals surface area contributed by atoms with Gasteiger partial charge < -0.3 is 0 Å². The highest BCUT2D eigenvalue weighted by atomic mass is 32.2. The van der Waals surface area contributed by atoms with Crippen LogP contribution in [-0.2, 0) is 29.7 Å². The van der Waals surface area contributed by atoms with E-state index in [-0.39, 0.29) is 6.54 Å². The molecule has 9 heteroatoms. The highest BCUT2D eigenvalue weighted by Gasteiger charge is 2.30. The van der Waals surface area contributed by atoms with E-state index in [1.165, 1.54) is 9.18 Å². The summed E-state index contributed by atoms with van der Waals surface area (Å²) in [7, 11) is -3.93. The van der Waals surface area contributed by atoms with Gasteiger partial charge in [-0.1, -0.05) is 30.3 Å². The van der Waals surface area contributed by atoms with Gasteiger partial charge in [0.1, 0.15) is 0 Å². The first-order valence-corrected chi connectivity index (χ1v) is 11.6. The van der Waals surface area contributed by atoms with Crippen LogP contribution in [0.1, 0.15) is 37.7 Å². The molecule has 0 radical (unpaired) electrons. The molecule has 3 aromatic rings. The Morgan fingerprint density at radius 2 is 1.97 bits per heavy atom. The van der Waals surface area contributed by atoms with Crippen LogP contribution in [0.3, 0.4) is 0 Å². The van der Waals surface area contributed by atoms with Crippen LogP contribution in [0.25, 0.3) is 0 Å². The van der Waals surface area contributed by atoms with Crippen molar-refractivity contribution in [2.75, 3.05) is 6.54 Å². The maximum absolute atomic E-state index is 12.8. The Kier molecular flexibility index (Phi) is 5.28. The summed E-state index contributed by atoms with van der Waals surface area (Å²) < 4.78 is 30.9. The molecular formula is C20H22N4O3S2. The normalized spacial score (nSPS) is 14.6. The zero-order valence-electron chi connectivity index (χ0n) is 16.3. The van der Waals surface area contributed by atoms with Gasteiger partial charge in [0.2, 0.25) is 0 Å². The second kappa shape index (κ2) is 7.74. The number of fused-ring (bicyclic) bond motifs is 1. The fourth-order valence-electron chi connectivity index (χ4n) is 3.60. The van der Waals surface area contributed by atoms with Gasteiger partial charge >= 0.3 is 10.2 Å². The first-order chi connectivity index (χ1) is 13.8. The number of benzene rings is 1. The van der Waals surface area contributed by atoms with Gasteiger partial charge in [0.15, 0.2) is 0 Å². The van der Waals surface area contributed by atoms with Gasteiger partial charge in [-0.25, -0.2) is 4.72 Å². The Balaban J connectivity index is 1.52. The molecule has 1 N–H and O–H groups in total. The number of hydrogen-bond acceptors (Lipinski definition) is 5. The number of amides is 1. The molecule has 1 aliphatic rings. The van der Waals surface area contributed by atoms with Crippen LogP contribution in [-0.4, -0.2) is 35.0 Å². The maximum Gasteiger partial charge on any atom is 0.304 e. The third-order valence-corrected chi connectivity index (χ3v) is 7.58. The van der Waals surface area contributed by atoms with E-state index in [1.54, 1.807) is 29.9 Å². The quantitative estimate of drug-likeness (QED) is 0.674. The minimum absolute atomic E-state index is 0.284. The van der Waals surface area contributed by atoms with Crippen molar-refractivity contribution in [2.24, 2.45) is 0 Å². The number of carbonyl (C=O) groups is 1. The molecule has 1 aromatic carbocycles. The van der Waals surface area contributed by atoms with Gasteiger partial charge in [-0.15, -0.1) is 11.3 Å². The number of aryl methyl sites for hydroxylation is 1. The number of thiophene rings is 1. The topological polar surface area (TPSA) is 84.3 Å². The molecule has 2 aromatic heterocycles. The van der Waals surface area contributed by atoms with E-state index < -0.39 is 16.1 Å². The highest BCUT2D eigenvalue weighted by Crippen LogP contribution is 2.25. The molecule has 1 aliphatic heterocycles. The highest BCUT2D eigenvalue weighted by molar-refractivity contribution is 7.87. The van der Waals surface area contributed by atoms with E-state index in [9.17, 15) is 13.2 Å². The average molecular weight is 431 g/mol. The number of rotatable bonds is 5. The summed E-state index contributed by atoms with van der Waals surface area (Å²) in [6.07, 6.45) is 0.662. The van der Waals surface area contributed by atoms with Crippen molar-refractivity contribution in [1.29, 1.82) is 0 Å². The van der Waals surface area contributed by atoms with E-state index in [2.05, 4.69) is 9.82 Å². The molecular weight excluding hydrogens is 408 g/mol. The molecule has 1 amide bonds. The third kappa shape index (κ3) is 3.98. The standard InChI is InChI=1S/C20H22N4O3S2/c1-14-19(15(2)24(21-14)12-16-6-4-3-5-7-16)20(25)22-29(26,27)23-10-8-18-17(13-23)9-11-28-18/h3-7,9,11H,8,10,12-13H2,1-2H3,(H,22,25). The number of nitrogens with one attached hydrogen (secondary N) is 1. The number of aromatic nitrogens is 2. The Bertz CT molecular complexity index is 1150. The minimum Gasteiger partial charge on any atom is -0.268 e. The van der Waals surface area contributed by atoms with E-state index >= 15 is 0 Å². The molecule has 3 heterocycles. The summed E-state index contributed by atoms with van der Waals surface area (Å²) in [6, 6.07) is 11.7. The fourth-order valence-corrected chi connectivity index (χ4v) is 5.59. The predicted molar refractivity (Wildman–Crippen MR) is 112 cm³/mol. The van der Waals surface area contributed by atoms with E-state index in [0.717, 1.165) is 11.1 Å². The van der Waals surface area contributed by atoms with E-state index in [1.807, 2.05) is 41.8 Å². The zero-order chi connectivity index (χ0) is 20.6. The second-order valence-corrected chi connectivity index (χ2v) is 9.75. The van der Waals surface area contributed by atoms with Gasteiger partial charge in [-0.3, -0.25) is 9.48 Å². The fraction of sp³-hybridized carbons (Fsp3) is 0.300. The molecule has 0 atom stereocenters. The Labute approximate surface area is 174 Å².